The molecule has 114 valence electrons. The van der Waals surface area contributed by atoms with Crippen molar-refractivity contribution in [2.75, 3.05) is 26.2 Å². The van der Waals surface area contributed by atoms with Crippen LogP contribution < -0.4 is 0 Å². The van der Waals surface area contributed by atoms with Crippen molar-refractivity contribution in [2.24, 2.45) is 11.8 Å². The first kappa shape index (κ1) is 13.8. The third-order valence-electron chi connectivity index (χ3n) is 5.36. The molecule has 21 heavy (non-hydrogen) atoms. The first-order valence-electron chi connectivity index (χ1n) is 8.28. The largest absolute Gasteiger partial charge is 0.336 e. The van der Waals surface area contributed by atoms with Gasteiger partial charge < -0.3 is 4.90 Å². The molecule has 0 spiro atoms. The number of carbonyl (C=O) groups is 1. The zero-order chi connectivity index (χ0) is 14.4. The van der Waals surface area contributed by atoms with Crippen LogP contribution in [0, 0.1) is 18.8 Å². The number of fused-ring (bicyclic) bond motifs is 4. The van der Waals surface area contributed by atoms with E-state index >= 15 is 0 Å². The molecular weight excluding hydrogens is 280 g/mol. The molecule has 3 aliphatic heterocycles. The van der Waals surface area contributed by atoms with E-state index in [1.165, 1.54) is 38.8 Å². The highest BCUT2D eigenvalue weighted by atomic mass is 32.1. The lowest BCUT2D eigenvalue weighted by Crippen LogP contribution is -2.45. The van der Waals surface area contributed by atoms with Gasteiger partial charge in [0.15, 0.2) is 0 Å². The van der Waals surface area contributed by atoms with Crippen LogP contribution in [-0.4, -0.2) is 47.9 Å². The Balaban J connectivity index is 1.50. The number of piperidine rings is 1. The maximum absolute atomic E-state index is 12.8. The molecule has 1 amide bonds. The Morgan fingerprint density at radius 2 is 2.10 bits per heavy atom. The molecule has 1 aromatic rings. The highest BCUT2D eigenvalue weighted by molar-refractivity contribution is 7.12. The number of carbonyl (C=O) groups excluding carboxylic acids is 1. The standard InChI is InChI=1S/C17H24N2OS/c1-12-6-7-21-16(12)17(20)19-10-14-4-5-15(11-19)18(9-14)8-13-2-3-13/h6-7,13-15H,2-5,8-11H2,1H3/t14-,15-/m0/s1. The van der Waals surface area contributed by atoms with Crippen LogP contribution in [0.5, 0.6) is 0 Å². The van der Waals surface area contributed by atoms with Gasteiger partial charge in [-0.05, 0) is 61.5 Å². The number of aryl methyl sites for hydroxylation is 1. The van der Waals surface area contributed by atoms with E-state index < -0.39 is 0 Å². The summed E-state index contributed by atoms with van der Waals surface area (Å²) in [6.45, 7) is 6.46. The van der Waals surface area contributed by atoms with Crippen molar-refractivity contribution in [3.63, 3.8) is 0 Å². The van der Waals surface area contributed by atoms with Crippen molar-refractivity contribution in [1.82, 2.24) is 9.80 Å². The van der Waals surface area contributed by atoms with Crippen LogP contribution in [0.15, 0.2) is 11.4 Å². The molecule has 1 aromatic heterocycles. The van der Waals surface area contributed by atoms with E-state index in [4.69, 9.17) is 0 Å². The van der Waals surface area contributed by atoms with Gasteiger partial charge in [-0.1, -0.05) is 0 Å². The van der Waals surface area contributed by atoms with E-state index in [1.54, 1.807) is 11.3 Å². The quantitative estimate of drug-likeness (QED) is 0.857. The van der Waals surface area contributed by atoms with Crippen molar-refractivity contribution in [3.8, 4) is 0 Å². The van der Waals surface area contributed by atoms with E-state index in [-0.39, 0.29) is 5.91 Å². The van der Waals surface area contributed by atoms with Crippen LogP contribution in [0.2, 0.25) is 0 Å². The normalized spacial score (nSPS) is 29.7. The van der Waals surface area contributed by atoms with Gasteiger partial charge in [-0.3, -0.25) is 9.69 Å². The van der Waals surface area contributed by atoms with Gasteiger partial charge in [-0.2, -0.15) is 0 Å². The third kappa shape index (κ3) is 2.76. The van der Waals surface area contributed by atoms with Crippen LogP contribution in [0.25, 0.3) is 0 Å². The molecule has 0 unspecified atom stereocenters. The minimum Gasteiger partial charge on any atom is -0.336 e. The van der Waals surface area contributed by atoms with E-state index in [1.807, 2.05) is 5.38 Å². The van der Waals surface area contributed by atoms with Gasteiger partial charge in [-0.25, -0.2) is 0 Å². The number of nitrogens with zero attached hydrogens (tertiary/aromatic N) is 2. The van der Waals surface area contributed by atoms with Gasteiger partial charge >= 0.3 is 0 Å². The second-order valence-electron chi connectivity index (χ2n) is 7.14. The molecule has 3 saturated heterocycles. The monoisotopic (exact) mass is 304 g/mol. The van der Waals surface area contributed by atoms with Gasteiger partial charge in [0, 0.05) is 32.2 Å². The van der Waals surface area contributed by atoms with Gasteiger partial charge in [0.2, 0.25) is 0 Å². The fourth-order valence-corrected chi connectivity index (χ4v) is 4.83. The van der Waals surface area contributed by atoms with Crippen molar-refractivity contribution in [3.05, 3.63) is 21.9 Å². The van der Waals surface area contributed by atoms with Crippen LogP contribution in [0.4, 0.5) is 0 Å². The molecule has 3 nitrogen and oxygen atoms in total. The maximum Gasteiger partial charge on any atom is 0.264 e. The van der Waals surface area contributed by atoms with Crippen molar-refractivity contribution >= 4 is 17.2 Å². The third-order valence-corrected chi connectivity index (χ3v) is 6.36. The predicted octanol–water partition coefficient (Wildman–Crippen LogP) is 3.00. The zero-order valence-electron chi connectivity index (χ0n) is 12.8. The highest BCUT2D eigenvalue weighted by Gasteiger charge is 2.38. The van der Waals surface area contributed by atoms with Crippen molar-refractivity contribution in [1.29, 1.82) is 0 Å². The number of hydrogen-bond acceptors (Lipinski definition) is 3. The molecule has 2 bridgehead atoms. The van der Waals surface area contributed by atoms with Crippen molar-refractivity contribution in [2.45, 2.75) is 38.6 Å². The Bertz CT molecular complexity index is 537. The average molecular weight is 304 g/mol. The Kier molecular flexibility index (Phi) is 3.54. The summed E-state index contributed by atoms with van der Waals surface area (Å²) >= 11 is 1.60. The SMILES string of the molecule is Cc1ccsc1C(=O)N1C[C@H]2CC[C@@H](C1)N(CC1CC1)C2. The lowest BCUT2D eigenvalue weighted by molar-refractivity contribution is 0.0741. The Morgan fingerprint density at radius 1 is 1.24 bits per heavy atom. The molecule has 0 aromatic carbocycles. The maximum atomic E-state index is 12.8. The topological polar surface area (TPSA) is 23.6 Å². The molecule has 5 rings (SSSR count). The smallest absolute Gasteiger partial charge is 0.264 e. The van der Waals surface area contributed by atoms with Gasteiger partial charge in [0.25, 0.3) is 5.91 Å². The fraction of sp³-hybridized carbons (Fsp3) is 0.706. The average Bonchev–Trinajstić information content (AvgIpc) is 3.24. The van der Waals surface area contributed by atoms with E-state index in [0.29, 0.717) is 12.0 Å². The summed E-state index contributed by atoms with van der Waals surface area (Å²) in [5.41, 5.74) is 1.14. The first-order valence-corrected chi connectivity index (χ1v) is 9.16. The lowest BCUT2D eigenvalue weighted by atomic mass is 9.95. The minimum atomic E-state index is 0.271. The van der Waals surface area contributed by atoms with Gasteiger partial charge in [0.1, 0.15) is 0 Å². The molecule has 4 fully saturated rings. The number of amides is 1. The summed E-state index contributed by atoms with van der Waals surface area (Å²) < 4.78 is 0. The summed E-state index contributed by atoms with van der Waals surface area (Å²) in [7, 11) is 0. The van der Waals surface area contributed by atoms with E-state index in [9.17, 15) is 4.79 Å². The molecule has 0 N–H and O–H groups in total. The summed E-state index contributed by atoms with van der Waals surface area (Å²) in [6.07, 6.45) is 5.43. The summed E-state index contributed by atoms with van der Waals surface area (Å²) in [5.74, 6) is 1.91. The number of rotatable bonds is 3. The van der Waals surface area contributed by atoms with Gasteiger partial charge in [0.05, 0.1) is 4.88 Å². The van der Waals surface area contributed by atoms with Crippen LogP contribution in [-0.2, 0) is 0 Å². The molecule has 1 saturated carbocycles. The fourth-order valence-electron chi connectivity index (χ4n) is 3.94. The molecule has 4 heteroatoms. The summed E-state index contributed by atoms with van der Waals surface area (Å²) in [5, 5.41) is 2.04. The molecule has 2 atom stereocenters. The summed E-state index contributed by atoms with van der Waals surface area (Å²) in [6, 6.07) is 2.66. The molecular formula is C17H24N2OS. The van der Waals surface area contributed by atoms with Crippen LogP contribution >= 0.6 is 11.3 Å². The van der Waals surface area contributed by atoms with Crippen LogP contribution in [0.1, 0.15) is 40.9 Å². The number of hydrogen-bond donors (Lipinski definition) is 0. The molecule has 1 aliphatic carbocycles. The predicted molar refractivity (Wildman–Crippen MR) is 85.8 cm³/mol. The second-order valence-corrected chi connectivity index (χ2v) is 8.05. The first-order chi connectivity index (χ1) is 10.2. The Morgan fingerprint density at radius 3 is 2.81 bits per heavy atom. The van der Waals surface area contributed by atoms with Crippen molar-refractivity contribution < 1.29 is 4.79 Å². The Labute approximate surface area is 130 Å². The lowest BCUT2D eigenvalue weighted by Gasteiger charge is -2.36. The second kappa shape index (κ2) is 5.40. The summed E-state index contributed by atoms with van der Waals surface area (Å²) in [4.78, 5) is 18.6. The molecule has 4 heterocycles. The molecule has 4 aliphatic rings. The highest BCUT2D eigenvalue weighted by Crippen LogP contribution is 2.35. The molecule has 0 radical (unpaired) electrons. The van der Waals surface area contributed by atoms with E-state index in [0.717, 1.165) is 29.4 Å². The van der Waals surface area contributed by atoms with Crippen LogP contribution in [0.3, 0.4) is 0 Å². The zero-order valence-corrected chi connectivity index (χ0v) is 13.6. The minimum absolute atomic E-state index is 0.271. The Hall–Kier alpha value is -0.870. The van der Waals surface area contributed by atoms with Gasteiger partial charge in [-0.15, -0.1) is 11.3 Å². The number of thiophene rings is 1. The van der Waals surface area contributed by atoms with E-state index in [2.05, 4.69) is 22.8 Å².